The van der Waals surface area contributed by atoms with Crippen LogP contribution >= 0.6 is 0 Å². The SMILES string of the molecule is CCC1=C([C@H](O)CC/C(=C/c2ccc(CO)o2)CC)[C@H](CO)[C@@H]2C(=O)N(C(=O)OC)C(=O)[C@@H]2C1. The van der Waals surface area contributed by atoms with E-state index < -0.39 is 48.4 Å². The van der Waals surface area contributed by atoms with Crippen LogP contribution in [0.1, 0.15) is 57.5 Å². The van der Waals surface area contributed by atoms with E-state index in [4.69, 9.17) is 4.42 Å². The maximum Gasteiger partial charge on any atom is 0.423 e. The first kappa shape index (κ1) is 25.9. The van der Waals surface area contributed by atoms with Gasteiger partial charge in [-0.2, -0.15) is 4.90 Å². The Hall–Kier alpha value is -2.75. The number of carbonyl (C=O) groups excluding carboxylic acids is 3. The number of aliphatic hydroxyl groups excluding tert-OH is 3. The van der Waals surface area contributed by atoms with Crippen molar-refractivity contribution in [3.63, 3.8) is 0 Å². The molecule has 9 nitrogen and oxygen atoms in total. The van der Waals surface area contributed by atoms with Crippen LogP contribution in [0.25, 0.3) is 6.08 Å². The molecule has 0 bridgehead atoms. The molecule has 1 aliphatic carbocycles. The molecular formula is C25H33NO8. The number of nitrogens with zero attached hydrogens (tertiary/aromatic N) is 1. The van der Waals surface area contributed by atoms with Gasteiger partial charge in [0.25, 0.3) is 0 Å². The molecule has 0 unspecified atom stereocenters. The van der Waals surface area contributed by atoms with Gasteiger partial charge in [-0.05, 0) is 55.9 Å². The van der Waals surface area contributed by atoms with E-state index in [1.54, 1.807) is 12.1 Å². The first-order chi connectivity index (χ1) is 16.3. The predicted octanol–water partition coefficient (Wildman–Crippen LogP) is 2.79. The van der Waals surface area contributed by atoms with Crippen molar-refractivity contribution in [3.05, 3.63) is 40.4 Å². The Morgan fingerprint density at radius 1 is 1.26 bits per heavy atom. The number of hydrogen-bond donors (Lipinski definition) is 3. The van der Waals surface area contributed by atoms with Crippen molar-refractivity contribution in [3.8, 4) is 0 Å². The average Bonchev–Trinajstić information content (AvgIpc) is 3.41. The van der Waals surface area contributed by atoms with Crippen LogP contribution in [0, 0.1) is 17.8 Å². The van der Waals surface area contributed by atoms with Gasteiger partial charge in [0.15, 0.2) is 0 Å². The molecule has 1 aliphatic heterocycles. The number of hydrogen-bond acceptors (Lipinski definition) is 8. The summed E-state index contributed by atoms with van der Waals surface area (Å²) in [7, 11) is 1.10. The minimum atomic E-state index is -1.03. The molecule has 1 saturated heterocycles. The van der Waals surface area contributed by atoms with Crippen molar-refractivity contribution in [2.24, 2.45) is 17.8 Å². The van der Waals surface area contributed by atoms with Crippen molar-refractivity contribution >= 4 is 24.0 Å². The largest absolute Gasteiger partial charge is 0.459 e. The molecule has 0 spiro atoms. The molecule has 1 fully saturated rings. The topological polar surface area (TPSA) is 138 Å². The van der Waals surface area contributed by atoms with Gasteiger partial charge in [0.2, 0.25) is 11.8 Å². The van der Waals surface area contributed by atoms with Crippen LogP contribution in [0.3, 0.4) is 0 Å². The first-order valence-corrected chi connectivity index (χ1v) is 11.7. The summed E-state index contributed by atoms with van der Waals surface area (Å²) < 4.78 is 10.1. The Morgan fingerprint density at radius 3 is 2.56 bits per heavy atom. The fraction of sp³-hybridized carbons (Fsp3) is 0.560. The minimum absolute atomic E-state index is 0.179. The van der Waals surface area contributed by atoms with Gasteiger partial charge in [-0.25, -0.2) is 4.79 Å². The summed E-state index contributed by atoms with van der Waals surface area (Å²) in [5, 5.41) is 30.6. The lowest BCUT2D eigenvalue weighted by molar-refractivity contribution is -0.137. The summed E-state index contributed by atoms with van der Waals surface area (Å²) in [6, 6.07) is 3.47. The zero-order valence-corrected chi connectivity index (χ0v) is 19.8. The Balaban J connectivity index is 1.82. The van der Waals surface area contributed by atoms with Gasteiger partial charge in [0.1, 0.15) is 18.1 Å². The maximum absolute atomic E-state index is 13.0. The van der Waals surface area contributed by atoms with E-state index in [9.17, 15) is 29.7 Å². The summed E-state index contributed by atoms with van der Waals surface area (Å²) in [5.41, 5.74) is 2.46. The van der Waals surface area contributed by atoms with Crippen molar-refractivity contribution in [2.45, 2.75) is 58.7 Å². The molecular weight excluding hydrogens is 442 g/mol. The number of ether oxygens (including phenoxy) is 1. The van der Waals surface area contributed by atoms with E-state index in [0.29, 0.717) is 41.3 Å². The van der Waals surface area contributed by atoms with E-state index in [0.717, 1.165) is 24.7 Å². The Bertz CT molecular complexity index is 991. The van der Waals surface area contributed by atoms with Crippen molar-refractivity contribution in [1.82, 2.24) is 4.90 Å². The molecule has 3 N–H and O–H groups in total. The number of aliphatic hydroxyl groups is 3. The lowest BCUT2D eigenvalue weighted by atomic mass is 9.67. The van der Waals surface area contributed by atoms with Crippen molar-refractivity contribution < 1.29 is 38.9 Å². The lowest BCUT2D eigenvalue weighted by Gasteiger charge is -2.36. The number of likely N-dealkylation sites (tertiary alicyclic amines) is 1. The molecule has 4 atom stereocenters. The van der Waals surface area contributed by atoms with E-state index in [1.807, 2.05) is 19.9 Å². The quantitative estimate of drug-likeness (QED) is 0.366. The summed E-state index contributed by atoms with van der Waals surface area (Å²) in [6.45, 7) is 3.30. The smallest absolute Gasteiger partial charge is 0.423 e. The van der Waals surface area contributed by atoms with Crippen LogP contribution in [-0.2, 0) is 20.9 Å². The Kier molecular flexibility index (Phi) is 8.46. The van der Waals surface area contributed by atoms with Gasteiger partial charge in [-0.15, -0.1) is 0 Å². The Morgan fingerprint density at radius 2 is 2.00 bits per heavy atom. The molecule has 2 aliphatic rings. The predicted molar refractivity (Wildman–Crippen MR) is 122 cm³/mol. The summed E-state index contributed by atoms with van der Waals surface area (Å²) >= 11 is 0. The van der Waals surface area contributed by atoms with Crippen molar-refractivity contribution in [2.75, 3.05) is 13.7 Å². The molecule has 9 heteroatoms. The first-order valence-electron chi connectivity index (χ1n) is 11.7. The van der Waals surface area contributed by atoms with E-state index >= 15 is 0 Å². The lowest BCUT2D eigenvalue weighted by Crippen LogP contribution is -2.40. The van der Waals surface area contributed by atoms with Crippen LogP contribution in [0.5, 0.6) is 0 Å². The van der Waals surface area contributed by atoms with Crippen molar-refractivity contribution in [1.29, 1.82) is 0 Å². The highest BCUT2D eigenvalue weighted by Gasteiger charge is 2.56. The van der Waals surface area contributed by atoms with Gasteiger partial charge in [-0.1, -0.05) is 25.0 Å². The fourth-order valence-electron chi connectivity index (χ4n) is 5.16. The third kappa shape index (κ3) is 4.87. The highest BCUT2D eigenvalue weighted by molar-refractivity contribution is 6.15. The molecule has 3 rings (SSSR count). The maximum atomic E-state index is 13.0. The number of fused-ring (bicyclic) bond motifs is 1. The minimum Gasteiger partial charge on any atom is -0.459 e. The molecule has 1 aromatic heterocycles. The average molecular weight is 476 g/mol. The second kappa shape index (κ2) is 11.1. The summed E-state index contributed by atoms with van der Waals surface area (Å²) in [6.07, 6.45) is 2.41. The molecule has 0 saturated carbocycles. The molecule has 1 aromatic rings. The molecule has 3 amide bonds. The number of methoxy groups -OCH3 is 1. The van der Waals surface area contributed by atoms with Crippen LogP contribution in [0.4, 0.5) is 4.79 Å². The van der Waals surface area contributed by atoms with E-state index in [1.165, 1.54) is 0 Å². The van der Waals surface area contributed by atoms with Gasteiger partial charge >= 0.3 is 6.09 Å². The van der Waals surface area contributed by atoms with E-state index in [2.05, 4.69) is 4.74 Å². The number of furan rings is 1. The number of carbonyl (C=O) groups is 3. The van der Waals surface area contributed by atoms with Crippen LogP contribution in [-0.4, -0.2) is 57.9 Å². The standard InChI is InChI=1S/C25H33NO8/c1-4-14(10-16-7-8-17(12-27)34-16)6-9-20(29)21-15(5-2)11-18-22(19(21)13-28)24(31)26(23(18)30)25(32)33-3/h7-8,10,18-20,22,27-29H,4-6,9,11-13H2,1-3H3/b14-10+/t18-,19+,20-,22-/m1/s1. The highest BCUT2D eigenvalue weighted by atomic mass is 16.5. The van der Waals surface area contributed by atoms with Crippen LogP contribution in [0.2, 0.25) is 0 Å². The zero-order chi connectivity index (χ0) is 25.0. The van der Waals surface area contributed by atoms with Gasteiger partial charge in [0.05, 0.1) is 31.7 Å². The number of imide groups is 3. The van der Waals surface area contributed by atoms with E-state index in [-0.39, 0.29) is 13.0 Å². The Labute approximate surface area is 198 Å². The van der Waals surface area contributed by atoms with Crippen LogP contribution < -0.4 is 0 Å². The molecule has 2 heterocycles. The monoisotopic (exact) mass is 475 g/mol. The molecule has 0 aromatic carbocycles. The molecule has 186 valence electrons. The normalized spacial score (nSPS) is 24.0. The fourth-order valence-corrected chi connectivity index (χ4v) is 5.16. The summed E-state index contributed by atoms with van der Waals surface area (Å²) in [4.78, 5) is 38.3. The summed E-state index contributed by atoms with van der Waals surface area (Å²) in [5.74, 6) is -2.61. The van der Waals surface area contributed by atoms with Gasteiger partial charge in [-0.3, -0.25) is 9.59 Å². The second-order valence-corrected chi connectivity index (χ2v) is 8.69. The molecule has 0 radical (unpaired) electrons. The highest BCUT2D eigenvalue weighted by Crippen LogP contribution is 2.47. The van der Waals surface area contributed by atoms with Gasteiger partial charge < -0.3 is 24.5 Å². The third-order valence-corrected chi connectivity index (χ3v) is 6.90. The number of allylic oxidation sites excluding steroid dienone is 2. The number of rotatable bonds is 9. The zero-order valence-electron chi connectivity index (χ0n) is 19.8. The molecule has 34 heavy (non-hydrogen) atoms. The second-order valence-electron chi connectivity index (χ2n) is 8.69. The van der Waals surface area contributed by atoms with Crippen LogP contribution in [0.15, 0.2) is 33.3 Å². The number of amides is 3. The van der Waals surface area contributed by atoms with Gasteiger partial charge in [0, 0.05) is 5.92 Å². The third-order valence-electron chi connectivity index (χ3n) is 6.90.